The minimum atomic E-state index is -1.02. The lowest BCUT2D eigenvalue weighted by Crippen LogP contribution is -2.46. The molecule has 2 N–H and O–H groups in total. The molecule has 4 aliphatic rings. The number of rotatable bonds is 24. The number of hydrogen-bond donors (Lipinski definition) is 2. The molecule has 0 aliphatic carbocycles. The first-order valence-electron chi connectivity index (χ1n) is 34.6. The number of piperazine rings is 2. The first kappa shape index (κ1) is 70.3. The van der Waals surface area contributed by atoms with Crippen LogP contribution < -0.4 is 40.5 Å². The third kappa shape index (κ3) is 15.5. The van der Waals surface area contributed by atoms with E-state index >= 15 is 0 Å². The van der Waals surface area contributed by atoms with Gasteiger partial charge in [0.15, 0.2) is 0 Å². The van der Waals surface area contributed by atoms with Gasteiger partial charge in [-0.2, -0.15) is 20.4 Å². The van der Waals surface area contributed by atoms with Crippen LogP contribution in [0, 0.1) is 35.1 Å². The molecule has 8 heterocycles. The Hall–Kier alpha value is -10.2. The molecule has 536 valence electrons. The molecule has 4 saturated heterocycles. The molecular weight excluding hydrogens is 1320 g/mol. The van der Waals surface area contributed by atoms with Crippen LogP contribution in [0.1, 0.15) is 76.6 Å². The van der Waals surface area contributed by atoms with E-state index in [0.29, 0.717) is 63.2 Å². The molecule has 0 saturated carbocycles. The van der Waals surface area contributed by atoms with Crippen molar-refractivity contribution < 1.29 is 46.7 Å². The zero-order chi connectivity index (χ0) is 71.1. The first-order chi connectivity index (χ1) is 49.4. The Balaban J connectivity index is 0.000000182. The van der Waals surface area contributed by atoms with E-state index in [2.05, 4.69) is 74.2 Å². The van der Waals surface area contributed by atoms with Crippen LogP contribution in [0.3, 0.4) is 0 Å². The van der Waals surface area contributed by atoms with Crippen LogP contribution in [-0.2, 0) is 33.8 Å². The van der Waals surface area contributed by atoms with Crippen molar-refractivity contribution in [2.75, 3.05) is 98.4 Å². The van der Waals surface area contributed by atoms with Gasteiger partial charge in [0.25, 0.3) is 0 Å². The summed E-state index contributed by atoms with van der Waals surface area (Å²) in [6, 6.07) is 38.3. The van der Waals surface area contributed by atoms with Crippen LogP contribution >= 0.6 is 0 Å². The Morgan fingerprint density at radius 3 is 1.11 bits per heavy atom. The van der Waals surface area contributed by atoms with E-state index < -0.39 is 46.7 Å². The number of ether oxygens (including phenoxy) is 4. The topological polar surface area (TPSA) is 231 Å². The average Bonchev–Trinajstić information content (AvgIpc) is 1.60. The fraction of sp³-hybridized carbons (Fsp3) is 0.405. The maximum atomic E-state index is 15.0. The highest BCUT2D eigenvalue weighted by Crippen LogP contribution is 2.44. The van der Waals surface area contributed by atoms with Gasteiger partial charge in [0.2, 0.25) is 0 Å². The van der Waals surface area contributed by atoms with Crippen LogP contribution in [0.25, 0.3) is 11.4 Å². The van der Waals surface area contributed by atoms with Gasteiger partial charge in [0, 0.05) is 110 Å². The molecule has 28 heteroatoms. The van der Waals surface area contributed by atoms with Crippen molar-refractivity contribution in [2.45, 2.75) is 102 Å². The quantitative estimate of drug-likeness (QED) is 0.0537. The monoisotopic (exact) mass is 1400 g/mol. The summed E-state index contributed by atoms with van der Waals surface area (Å²) in [5, 5.41) is 37.0. The number of aliphatic hydroxyl groups is 2. The van der Waals surface area contributed by atoms with Gasteiger partial charge in [0.1, 0.15) is 83.9 Å². The van der Waals surface area contributed by atoms with Crippen LogP contribution in [0.15, 0.2) is 181 Å². The van der Waals surface area contributed by atoms with E-state index in [0.717, 1.165) is 110 Å². The number of benzene rings is 6. The van der Waals surface area contributed by atoms with E-state index in [-0.39, 0.29) is 48.4 Å². The third-order valence-corrected chi connectivity index (χ3v) is 19.9. The fourth-order valence-electron chi connectivity index (χ4n) is 14.5. The van der Waals surface area contributed by atoms with Crippen molar-refractivity contribution in [3.63, 3.8) is 0 Å². The summed E-state index contributed by atoms with van der Waals surface area (Å²) < 4.78 is 91.1. The second-order valence-corrected chi connectivity index (χ2v) is 26.7. The molecule has 6 aromatic carbocycles. The third-order valence-electron chi connectivity index (χ3n) is 19.9. The fourth-order valence-corrected chi connectivity index (χ4v) is 14.5. The molecule has 102 heavy (non-hydrogen) atoms. The maximum Gasteiger partial charge on any atom is 0.350 e. The van der Waals surface area contributed by atoms with E-state index in [1.54, 1.807) is 35.9 Å². The minimum Gasteiger partial charge on any atom is -0.493 e. The highest BCUT2D eigenvalue weighted by atomic mass is 19.1. The highest BCUT2D eigenvalue weighted by molar-refractivity contribution is 5.57. The Morgan fingerprint density at radius 1 is 0.471 bits per heavy atom. The molecule has 0 radical (unpaired) electrons. The maximum absolute atomic E-state index is 15.0. The molecule has 14 rings (SSSR count). The number of halogens is 4. The van der Waals surface area contributed by atoms with Gasteiger partial charge in [-0.1, -0.05) is 26.0 Å². The standard InChI is InChI=1S/2C37H42F2N8O4/c2*1-3-35(26(2)48)47-36(49)46(25-42-47)31-7-5-29(6-8-31)43-14-16-44(17-15-43)30-9-11-32(12-10-30)50-20-27-19-37(51-21-27,22-45-24-40-23-41-45)33-13-4-28(38)18-34(33)39/h2*4-13,18,23-27,35,48H,3,14-17,19-22H2,1-2H3/t2*26-,27+,35-,37-/m00/s1. The second-order valence-electron chi connectivity index (χ2n) is 26.7. The summed E-state index contributed by atoms with van der Waals surface area (Å²) in [5.74, 6) is -1.13. The Bertz CT molecular complexity index is 4200. The number of aliphatic hydroxyl groups excluding tert-OH is 2. The summed E-state index contributed by atoms with van der Waals surface area (Å²) in [5.41, 5.74) is 3.85. The van der Waals surface area contributed by atoms with Gasteiger partial charge < -0.3 is 48.8 Å². The number of anilines is 4. The molecule has 4 aliphatic heterocycles. The van der Waals surface area contributed by atoms with Crippen LogP contribution in [0.2, 0.25) is 0 Å². The van der Waals surface area contributed by atoms with Crippen molar-refractivity contribution in [1.82, 2.24) is 58.2 Å². The van der Waals surface area contributed by atoms with Crippen molar-refractivity contribution in [3.05, 3.63) is 227 Å². The zero-order valence-corrected chi connectivity index (χ0v) is 57.4. The molecule has 0 unspecified atom stereocenters. The molecule has 0 amide bonds. The van der Waals surface area contributed by atoms with E-state index in [1.165, 1.54) is 68.1 Å². The lowest BCUT2D eigenvalue weighted by atomic mass is 9.87. The van der Waals surface area contributed by atoms with Crippen molar-refractivity contribution in [1.29, 1.82) is 0 Å². The number of nitrogens with zero attached hydrogens (tertiary/aromatic N) is 16. The van der Waals surface area contributed by atoms with Gasteiger partial charge >= 0.3 is 11.4 Å². The van der Waals surface area contributed by atoms with Gasteiger partial charge in [0.05, 0.1) is 75.2 Å². The first-order valence-corrected chi connectivity index (χ1v) is 34.6. The summed E-state index contributed by atoms with van der Waals surface area (Å²) in [6.45, 7) is 15.9. The number of aromatic nitrogens is 12. The summed E-state index contributed by atoms with van der Waals surface area (Å²) in [6.07, 6.45) is 9.77. The molecule has 0 bridgehead atoms. The average molecular weight is 1400 g/mol. The lowest BCUT2D eigenvalue weighted by Gasteiger charge is -2.37. The zero-order valence-electron chi connectivity index (χ0n) is 57.4. The van der Waals surface area contributed by atoms with Gasteiger partial charge in [-0.25, -0.2) is 65.0 Å². The Morgan fingerprint density at radius 2 is 0.804 bits per heavy atom. The van der Waals surface area contributed by atoms with Crippen LogP contribution in [0.4, 0.5) is 40.3 Å². The predicted octanol–water partition coefficient (Wildman–Crippen LogP) is 9.15. The SMILES string of the molecule is CC[C@@H]([C@H](C)O)n1ncn(-c2ccc(N3CCN(c4ccc(OC[C@@H]5CO[C@@](Cn6cncn6)(c6ccc(F)cc6F)C5)cc4)CC3)cc2)c1=O.CC[C@@H]([C@H](C)O)n1ncn(-c2ccc(N3CCN(c4ccc(OC[C@@H]5CO[C@@](Cn6cncn6)(c6ccc(F)cc6F)C5)cc4)CC3)cc2)c1=O. The lowest BCUT2D eigenvalue weighted by molar-refractivity contribution is -0.0209. The molecule has 24 nitrogen and oxygen atoms in total. The molecule has 4 fully saturated rings. The van der Waals surface area contributed by atoms with E-state index in [1.807, 2.05) is 86.6 Å². The molecule has 8 atom stereocenters. The van der Waals surface area contributed by atoms with Gasteiger partial charge in [-0.15, -0.1) is 0 Å². The second kappa shape index (κ2) is 31.0. The molecule has 0 spiro atoms. The molecular formula is C74H84F4N16O8. The molecule has 4 aromatic heterocycles. The predicted molar refractivity (Wildman–Crippen MR) is 375 cm³/mol. The summed E-state index contributed by atoms with van der Waals surface area (Å²) in [7, 11) is 0. The largest absolute Gasteiger partial charge is 0.493 e. The van der Waals surface area contributed by atoms with E-state index in [4.69, 9.17) is 18.9 Å². The Kier molecular flexibility index (Phi) is 21.3. The van der Waals surface area contributed by atoms with Gasteiger partial charge in [-0.05, 0) is 149 Å². The smallest absolute Gasteiger partial charge is 0.350 e. The normalized spacial score (nSPS) is 20.5. The van der Waals surface area contributed by atoms with Gasteiger partial charge in [-0.3, -0.25) is 0 Å². The Labute approximate surface area is 587 Å². The summed E-state index contributed by atoms with van der Waals surface area (Å²) >= 11 is 0. The minimum absolute atomic E-state index is 0.0121. The van der Waals surface area contributed by atoms with E-state index in [9.17, 15) is 37.4 Å². The van der Waals surface area contributed by atoms with Crippen LogP contribution in [0.5, 0.6) is 11.5 Å². The van der Waals surface area contributed by atoms with Crippen molar-refractivity contribution in [2.24, 2.45) is 11.8 Å². The highest BCUT2D eigenvalue weighted by Gasteiger charge is 2.46. The summed E-state index contributed by atoms with van der Waals surface area (Å²) in [4.78, 5) is 43.3. The van der Waals surface area contributed by atoms with Crippen LogP contribution in [-0.4, -0.2) is 159 Å². The van der Waals surface area contributed by atoms with Crippen molar-refractivity contribution >= 4 is 22.7 Å². The van der Waals surface area contributed by atoms with Crippen molar-refractivity contribution in [3.8, 4) is 22.9 Å². The number of hydrogen-bond acceptors (Lipinski definition) is 18. The molecule has 10 aromatic rings.